The number of carbonyl (C=O) groups is 1. The van der Waals surface area contributed by atoms with E-state index in [2.05, 4.69) is 15.0 Å². The molecule has 1 amide bonds. The van der Waals surface area contributed by atoms with Gasteiger partial charge in [-0.3, -0.25) is 4.79 Å². The van der Waals surface area contributed by atoms with E-state index in [1.54, 1.807) is 12.1 Å². The monoisotopic (exact) mass is 445 g/mol. The molecule has 1 unspecified atom stereocenters. The Labute approximate surface area is 183 Å². The number of halogens is 3. The minimum atomic E-state index is -4.71. The predicted octanol–water partition coefficient (Wildman–Crippen LogP) is 4.59. The molecule has 0 aliphatic rings. The third-order valence-corrected chi connectivity index (χ3v) is 4.50. The Bertz CT molecular complexity index is 1040. The zero-order valence-electron chi connectivity index (χ0n) is 17.2. The van der Waals surface area contributed by atoms with Crippen molar-refractivity contribution < 1.29 is 27.4 Å². The van der Waals surface area contributed by atoms with Crippen molar-refractivity contribution in [1.82, 2.24) is 10.3 Å². The van der Waals surface area contributed by atoms with E-state index in [-0.39, 0.29) is 11.8 Å². The highest BCUT2D eigenvalue weighted by Crippen LogP contribution is 2.23. The van der Waals surface area contributed by atoms with Gasteiger partial charge in [0.15, 0.2) is 0 Å². The summed E-state index contributed by atoms with van der Waals surface area (Å²) in [5, 5.41) is 3.29. The zero-order chi connectivity index (χ0) is 23.1. The lowest BCUT2D eigenvalue weighted by atomic mass is 10.1. The maximum atomic E-state index is 12.4. The molecule has 1 aromatic heterocycles. The van der Waals surface area contributed by atoms with E-state index >= 15 is 0 Å². The van der Waals surface area contributed by atoms with Crippen LogP contribution < -0.4 is 20.5 Å². The van der Waals surface area contributed by atoms with E-state index in [0.717, 1.165) is 5.56 Å². The highest BCUT2D eigenvalue weighted by molar-refractivity contribution is 5.92. The van der Waals surface area contributed by atoms with Gasteiger partial charge in [0.2, 0.25) is 11.8 Å². The van der Waals surface area contributed by atoms with Crippen LogP contribution in [0.5, 0.6) is 17.4 Å². The molecular formula is C23H22F3N3O3. The van der Waals surface area contributed by atoms with Crippen molar-refractivity contribution in [3.63, 3.8) is 0 Å². The van der Waals surface area contributed by atoms with E-state index in [1.807, 2.05) is 31.2 Å². The number of ether oxygens (including phenoxy) is 2. The molecule has 6 nitrogen and oxygen atoms in total. The molecule has 0 aliphatic carbocycles. The second-order valence-corrected chi connectivity index (χ2v) is 7.18. The van der Waals surface area contributed by atoms with Gasteiger partial charge in [0.25, 0.3) is 0 Å². The van der Waals surface area contributed by atoms with Crippen molar-refractivity contribution in [2.24, 2.45) is 5.73 Å². The molecule has 0 bridgehead atoms. The normalized spacial score (nSPS) is 12.2. The van der Waals surface area contributed by atoms with Crippen LogP contribution >= 0.6 is 0 Å². The fraction of sp³-hybridized carbons (Fsp3) is 0.217. The number of hydrogen-bond acceptors (Lipinski definition) is 5. The number of carbonyl (C=O) groups excluding carboxylic acids is 1. The van der Waals surface area contributed by atoms with Gasteiger partial charge in [0.05, 0.1) is 5.56 Å². The summed E-state index contributed by atoms with van der Waals surface area (Å²) in [6, 6.07) is 16.5. The molecule has 0 spiro atoms. The summed E-state index contributed by atoms with van der Waals surface area (Å²) in [6.45, 7) is 2.40. The molecule has 0 saturated carbocycles. The number of nitrogens with zero attached hydrogens (tertiary/aromatic N) is 1. The average molecular weight is 445 g/mol. The summed E-state index contributed by atoms with van der Waals surface area (Å²) < 4.78 is 46.7. The molecule has 0 saturated heterocycles. The number of benzene rings is 2. The predicted molar refractivity (Wildman–Crippen MR) is 112 cm³/mol. The number of alkyl halides is 3. The first-order chi connectivity index (χ1) is 15.2. The second-order valence-electron chi connectivity index (χ2n) is 7.18. The topological polar surface area (TPSA) is 86.5 Å². The van der Waals surface area contributed by atoms with Crippen LogP contribution in [-0.4, -0.2) is 23.3 Å². The number of hydrogen-bond donors (Lipinski definition) is 2. The molecule has 168 valence electrons. The Morgan fingerprint density at radius 3 is 2.44 bits per heavy atom. The Balaban J connectivity index is 1.50. The molecule has 9 heteroatoms. The van der Waals surface area contributed by atoms with E-state index in [9.17, 15) is 18.0 Å². The number of pyridine rings is 1. The van der Waals surface area contributed by atoms with Crippen LogP contribution in [0.1, 0.15) is 28.4 Å². The number of amides is 1. The van der Waals surface area contributed by atoms with Crippen LogP contribution in [0, 0.1) is 0 Å². The van der Waals surface area contributed by atoms with Gasteiger partial charge in [-0.2, -0.15) is 0 Å². The van der Waals surface area contributed by atoms with Crippen molar-refractivity contribution in [3.05, 3.63) is 83.6 Å². The molecule has 1 atom stereocenters. The molecule has 3 N–H and O–H groups in total. The minimum Gasteiger partial charge on any atom is -0.439 e. The number of aromatic nitrogens is 1. The first-order valence-corrected chi connectivity index (χ1v) is 9.79. The number of rotatable bonds is 9. The fourth-order valence-corrected chi connectivity index (χ4v) is 2.97. The summed E-state index contributed by atoms with van der Waals surface area (Å²) >= 11 is 0. The molecule has 0 radical (unpaired) electrons. The zero-order valence-corrected chi connectivity index (χ0v) is 17.2. The fourth-order valence-electron chi connectivity index (χ4n) is 2.97. The largest absolute Gasteiger partial charge is 0.573 e. The summed E-state index contributed by atoms with van der Waals surface area (Å²) in [5.74, 6) is 0.141. The van der Waals surface area contributed by atoms with Gasteiger partial charge in [0, 0.05) is 24.8 Å². The number of nitrogens with two attached hydrogens (primary N) is 1. The molecule has 3 rings (SSSR count). The highest BCUT2D eigenvalue weighted by atomic mass is 19.4. The first kappa shape index (κ1) is 23.1. The summed E-state index contributed by atoms with van der Waals surface area (Å²) in [6.07, 6.45) is -2.65. The minimum absolute atomic E-state index is 0.0805. The van der Waals surface area contributed by atoms with Gasteiger partial charge < -0.3 is 20.5 Å². The van der Waals surface area contributed by atoms with Crippen LogP contribution in [0.4, 0.5) is 13.2 Å². The van der Waals surface area contributed by atoms with E-state index in [1.165, 1.54) is 30.5 Å². The molecular weight excluding hydrogens is 423 g/mol. The Kier molecular flexibility index (Phi) is 7.32. The first-order valence-electron chi connectivity index (χ1n) is 9.79. The Hall–Kier alpha value is -3.59. The molecule has 2 aromatic carbocycles. The smallest absolute Gasteiger partial charge is 0.439 e. The molecule has 3 aromatic rings. The molecule has 32 heavy (non-hydrogen) atoms. The van der Waals surface area contributed by atoms with Gasteiger partial charge in [0.1, 0.15) is 11.5 Å². The summed E-state index contributed by atoms with van der Waals surface area (Å²) in [4.78, 5) is 15.1. The maximum absolute atomic E-state index is 12.4. The van der Waals surface area contributed by atoms with Crippen molar-refractivity contribution in [1.29, 1.82) is 0 Å². The second kappa shape index (κ2) is 10.1. The summed E-state index contributed by atoms with van der Waals surface area (Å²) in [7, 11) is 0. The number of nitrogens with one attached hydrogen (secondary N) is 1. The van der Waals surface area contributed by atoms with E-state index in [4.69, 9.17) is 10.5 Å². The molecule has 0 fully saturated rings. The summed E-state index contributed by atoms with van der Waals surface area (Å²) in [5.41, 5.74) is 7.23. The Morgan fingerprint density at radius 1 is 1.06 bits per heavy atom. The molecule has 0 aliphatic heterocycles. The van der Waals surface area contributed by atoms with Gasteiger partial charge in [-0.05, 0) is 54.8 Å². The van der Waals surface area contributed by atoms with Crippen molar-refractivity contribution in [2.75, 3.05) is 0 Å². The Morgan fingerprint density at radius 2 is 1.81 bits per heavy atom. The number of primary amides is 1. The van der Waals surface area contributed by atoms with Crippen LogP contribution in [0.15, 0.2) is 66.9 Å². The van der Waals surface area contributed by atoms with Gasteiger partial charge in [-0.1, -0.05) is 24.3 Å². The lowest BCUT2D eigenvalue weighted by Crippen LogP contribution is -2.27. The lowest BCUT2D eigenvalue weighted by Gasteiger charge is -2.15. The van der Waals surface area contributed by atoms with Crippen molar-refractivity contribution in [2.45, 2.75) is 32.3 Å². The van der Waals surface area contributed by atoms with Crippen LogP contribution in [0.25, 0.3) is 0 Å². The van der Waals surface area contributed by atoms with Crippen LogP contribution in [0.3, 0.4) is 0 Å². The van der Waals surface area contributed by atoms with Gasteiger partial charge >= 0.3 is 6.36 Å². The maximum Gasteiger partial charge on any atom is 0.573 e. The standard InChI is InChI=1S/C23H22F3N3O3/c1-15(28-13-17-3-2-4-20(12-17)32-23(24,25)26)11-16-5-8-19(9-6-16)31-21-10-7-18(14-29-21)22(27)30/h2-10,12,14-15,28H,11,13H2,1H3,(H2,27,30). The SMILES string of the molecule is CC(Cc1ccc(Oc2ccc(C(N)=O)cn2)cc1)NCc1cccc(OC(F)(F)F)c1. The average Bonchev–Trinajstić information content (AvgIpc) is 2.73. The third kappa shape index (κ3) is 7.28. The van der Waals surface area contributed by atoms with Gasteiger partial charge in [-0.25, -0.2) is 4.98 Å². The molecule has 1 heterocycles. The van der Waals surface area contributed by atoms with Crippen molar-refractivity contribution in [3.8, 4) is 17.4 Å². The van der Waals surface area contributed by atoms with Crippen LogP contribution in [-0.2, 0) is 13.0 Å². The third-order valence-electron chi connectivity index (χ3n) is 4.50. The van der Waals surface area contributed by atoms with Crippen LogP contribution in [0.2, 0.25) is 0 Å². The quantitative estimate of drug-likeness (QED) is 0.503. The van der Waals surface area contributed by atoms with E-state index < -0.39 is 12.3 Å². The van der Waals surface area contributed by atoms with Crippen molar-refractivity contribution >= 4 is 5.91 Å². The van der Waals surface area contributed by atoms with E-state index in [0.29, 0.717) is 35.7 Å². The highest BCUT2D eigenvalue weighted by Gasteiger charge is 2.31. The van der Waals surface area contributed by atoms with Gasteiger partial charge in [-0.15, -0.1) is 13.2 Å². The lowest BCUT2D eigenvalue weighted by molar-refractivity contribution is -0.274.